The summed E-state index contributed by atoms with van der Waals surface area (Å²) in [5, 5.41) is 8.95. The van der Waals surface area contributed by atoms with Gasteiger partial charge in [0.15, 0.2) is 25.5 Å². The van der Waals surface area contributed by atoms with E-state index in [1.807, 2.05) is 0 Å². The highest BCUT2D eigenvalue weighted by Gasteiger charge is 2.29. The second-order valence-corrected chi connectivity index (χ2v) is 7.78. The number of sulfone groups is 1. The standard InChI is InChI=1S/C8H9NO8S3/c1-19(13)3-16-8(12)17-5-4(6(10)11)7(18-9-5)20(2,14)15/h3H2,1-2H3,(H,10,11). The second-order valence-electron chi connectivity index (χ2n) is 3.41. The van der Waals surface area contributed by atoms with Crippen molar-refractivity contribution in [3.05, 3.63) is 5.56 Å². The van der Waals surface area contributed by atoms with Crippen molar-refractivity contribution >= 4 is 44.3 Å². The zero-order valence-corrected chi connectivity index (χ0v) is 12.6. The molecule has 112 valence electrons. The molecule has 0 fully saturated rings. The molecule has 20 heavy (non-hydrogen) atoms. The third-order valence-electron chi connectivity index (χ3n) is 1.70. The molecule has 0 bridgehead atoms. The van der Waals surface area contributed by atoms with E-state index in [9.17, 15) is 22.2 Å². The number of ether oxygens (including phenoxy) is 2. The van der Waals surface area contributed by atoms with E-state index in [0.29, 0.717) is 11.5 Å². The molecular formula is C8H9NO8S3. The van der Waals surface area contributed by atoms with Gasteiger partial charge in [-0.15, -0.1) is 0 Å². The Morgan fingerprint density at radius 2 is 2.05 bits per heavy atom. The van der Waals surface area contributed by atoms with Crippen LogP contribution in [0.2, 0.25) is 0 Å². The minimum absolute atomic E-state index is 0.366. The normalized spacial score (nSPS) is 12.7. The molecule has 0 aliphatic carbocycles. The second kappa shape index (κ2) is 6.28. The van der Waals surface area contributed by atoms with Crippen LogP contribution < -0.4 is 4.74 Å². The average Bonchev–Trinajstić information content (AvgIpc) is 2.69. The van der Waals surface area contributed by atoms with Crippen molar-refractivity contribution in [3.63, 3.8) is 0 Å². The molecule has 0 aliphatic rings. The smallest absolute Gasteiger partial charge is 0.477 e. The molecule has 0 saturated heterocycles. The van der Waals surface area contributed by atoms with Gasteiger partial charge in [0.2, 0.25) is 0 Å². The molecule has 12 heteroatoms. The zero-order valence-electron chi connectivity index (χ0n) is 10.2. The summed E-state index contributed by atoms with van der Waals surface area (Å²) in [6, 6.07) is 0. The Morgan fingerprint density at radius 3 is 2.50 bits per heavy atom. The minimum atomic E-state index is -3.82. The molecule has 1 atom stereocenters. The van der Waals surface area contributed by atoms with E-state index in [2.05, 4.69) is 13.8 Å². The number of aromatic carboxylic acids is 1. The summed E-state index contributed by atoms with van der Waals surface area (Å²) < 4.78 is 45.2. The van der Waals surface area contributed by atoms with E-state index < -0.39 is 54.4 Å². The number of aromatic nitrogens is 1. The van der Waals surface area contributed by atoms with Crippen LogP contribution >= 0.6 is 11.5 Å². The topological polar surface area (TPSA) is 137 Å². The van der Waals surface area contributed by atoms with Crippen LogP contribution in [0.5, 0.6) is 5.88 Å². The number of hydrogen-bond acceptors (Lipinski definition) is 9. The Morgan fingerprint density at radius 1 is 1.45 bits per heavy atom. The minimum Gasteiger partial charge on any atom is -0.477 e. The summed E-state index contributed by atoms with van der Waals surface area (Å²) in [5.74, 6) is -2.74. The van der Waals surface area contributed by atoms with Crippen LogP contribution in [0.4, 0.5) is 4.79 Å². The summed E-state index contributed by atoms with van der Waals surface area (Å²) in [4.78, 5) is 22.2. The lowest BCUT2D eigenvalue weighted by Crippen LogP contribution is -2.15. The van der Waals surface area contributed by atoms with E-state index in [1.165, 1.54) is 6.26 Å². The molecular weight excluding hydrogens is 334 g/mol. The Kier molecular flexibility index (Phi) is 5.19. The van der Waals surface area contributed by atoms with Gasteiger partial charge >= 0.3 is 12.1 Å². The highest BCUT2D eigenvalue weighted by atomic mass is 32.2. The van der Waals surface area contributed by atoms with Gasteiger partial charge < -0.3 is 14.6 Å². The number of rotatable bonds is 5. The van der Waals surface area contributed by atoms with Crippen molar-refractivity contribution in [3.8, 4) is 5.88 Å². The fourth-order valence-corrected chi connectivity index (χ4v) is 3.02. The highest BCUT2D eigenvalue weighted by Crippen LogP contribution is 2.29. The SMILES string of the molecule is CS(=O)COC(=O)Oc1nsc(S(C)(=O)=O)c1C(=O)O. The first-order valence-electron chi connectivity index (χ1n) is 4.70. The predicted molar refractivity (Wildman–Crippen MR) is 68.2 cm³/mol. The van der Waals surface area contributed by atoms with Crippen LogP contribution in [0.1, 0.15) is 10.4 Å². The molecule has 1 unspecified atom stereocenters. The maximum atomic E-state index is 11.4. The lowest BCUT2D eigenvalue weighted by atomic mass is 10.4. The van der Waals surface area contributed by atoms with E-state index in [0.717, 1.165) is 6.26 Å². The zero-order chi connectivity index (χ0) is 15.5. The number of carboxylic acids is 1. The Hall–Kier alpha value is -1.53. The molecule has 0 aliphatic heterocycles. The van der Waals surface area contributed by atoms with Crippen molar-refractivity contribution in [2.45, 2.75) is 4.21 Å². The molecule has 1 aromatic rings. The van der Waals surface area contributed by atoms with Crippen LogP contribution in [-0.4, -0.2) is 52.7 Å². The van der Waals surface area contributed by atoms with Gasteiger partial charge in [-0.3, -0.25) is 4.21 Å². The first kappa shape index (κ1) is 16.5. The molecule has 1 aromatic heterocycles. The summed E-state index contributed by atoms with van der Waals surface area (Å²) in [7, 11) is -5.24. The van der Waals surface area contributed by atoms with E-state index in [-0.39, 0.29) is 0 Å². The van der Waals surface area contributed by atoms with Crippen molar-refractivity contribution in [2.24, 2.45) is 0 Å². The molecule has 1 N–H and O–H groups in total. The van der Waals surface area contributed by atoms with Gasteiger partial charge in [-0.1, -0.05) is 0 Å². The molecule has 0 aromatic carbocycles. The Balaban J connectivity index is 3.03. The van der Waals surface area contributed by atoms with Crippen molar-refractivity contribution in [2.75, 3.05) is 18.5 Å². The lowest BCUT2D eigenvalue weighted by molar-refractivity contribution is 0.0687. The average molecular weight is 343 g/mol. The van der Waals surface area contributed by atoms with Gasteiger partial charge in [-0.05, 0) is 11.5 Å². The van der Waals surface area contributed by atoms with Crippen LogP contribution in [-0.2, 0) is 25.4 Å². The van der Waals surface area contributed by atoms with Crippen molar-refractivity contribution in [1.29, 1.82) is 0 Å². The van der Waals surface area contributed by atoms with Gasteiger partial charge in [-0.2, -0.15) is 4.37 Å². The number of hydrogen-bond donors (Lipinski definition) is 1. The van der Waals surface area contributed by atoms with Gasteiger partial charge in [0.25, 0.3) is 5.88 Å². The summed E-state index contributed by atoms with van der Waals surface area (Å²) >= 11 is 0.366. The lowest BCUT2D eigenvalue weighted by Gasteiger charge is -2.03. The quantitative estimate of drug-likeness (QED) is 0.737. The van der Waals surface area contributed by atoms with Gasteiger partial charge in [0, 0.05) is 12.5 Å². The molecule has 0 saturated carbocycles. The number of carbonyl (C=O) groups is 2. The van der Waals surface area contributed by atoms with Crippen molar-refractivity contribution < 1.29 is 36.8 Å². The van der Waals surface area contributed by atoms with Gasteiger partial charge in [0.05, 0.1) is 10.8 Å². The van der Waals surface area contributed by atoms with E-state index >= 15 is 0 Å². The number of carboxylic acid groups (broad SMARTS) is 1. The molecule has 0 radical (unpaired) electrons. The van der Waals surface area contributed by atoms with Crippen LogP contribution in [0.3, 0.4) is 0 Å². The summed E-state index contributed by atoms with van der Waals surface area (Å²) in [6.45, 7) is 0. The van der Waals surface area contributed by atoms with Gasteiger partial charge in [0.1, 0.15) is 0 Å². The molecule has 1 heterocycles. The summed E-state index contributed by atoms with van der Waals surface area (Å²) in [5.41, 5.74) is -0.743. The maximum absolute atomic E-state index is 11.4. The van der Waals surface area contributed by atoms with E-state index in [4.69, 9.17) is 5.11 Å². The highest BCUT2D eigenvalue weighted by molar-refractivity contribution is 7.92. The molecule has 1 rings (SSSR count). The Bertz CT molecular complexity index is 661. The van der Waals surface area contributed by atoms with Crippen LogP contribution in [0.15, 0.2) is 4.21 Å². The third-order valence-corrected chi connectivity index (χ3v) is 4.79. The summed E-state index contributed by atoms with van der Waals surface area (Å²) in [6.07, 6.45) is 0.753. The Labute approximate surface area is 120 Å². The van der Waals surface area contributed by atoms with Crippen LogP contribution in [0, 0.1) is 0 Å². The predicted octanol–water partition coefficient (Wildman–Crippen LogP) is 0.0962. The first-order valence-corrected chi connectivity index (χ1v) is 9.09. The first-order chi connectivity index (χ1) is 9.12. The molecule has 0 amide bonds. The van der Waals surface area contributed by atoms with E-state index in [1.54, 1.807) is 0 Å². The van der Waals surface area contributed by atoms with Crippen molar-refractivity contribution in [1.82, 2.24) is 4.37 Å². The molecule has 9 nitrogen and oxygen atoms in total. The maximum Gasteiger partial charge on any atom is 0.516 e. The number of carbonyl (C=O) groups excluding carboxylic acids is 1. The fourth-order valence-electron chi connectivity index (χ4n) is 1.00. The van der Waals surface area contributed by atoms with Crippen LogP contribution in [0.25, 0.3) is 0 Å². The fraction of sp³-hybridized carbons (Fsp3) is 0.375. The largest absolute Gasteiger partial charge is 0.516 e. The molecule has 0 spiro atoms. The monoisotopic (exact) mass is 343 g/mol. The number of nitrogens with zero attached hydrogens (tertiary/aromatic N) is 1. The van der Waals surface area contributed by atoms with Gasteiger partial charge in [-0.25, -0.2) is 18.0 Å². The third kappa shape index (κ3) is 4.25.